The van der Waals surface area contributed by atoms with Crippen LogP contribution in [0.1, 0.15) is 0 Å². The van der Waals surface area contributed by atoms with E-state index in [1.54, 1.807) is 6.07 Å². The third kappa shape index (κ3) is 1.74. The van der Waals surface area contributed by atoms with Crippen molar-refractivity contribution in [2.75, 3.05) is 0 Å². The van der Waals surface area contributed by atoms with Crippen LogP contribution in [0.3, 0.4) is 0 Å². The van der Waals surface area contributed by atoms with Gasteiger partial charge in [-0.05, 0) is 18.2 Å². The van der Waals surface area contributed by atoms with Crippen molar-refractivity contribution < 1.29 is 4.39 Å². The van der Waals surface area contributed by atoms with E-state index in [1.165, 1.54) is 29.5 Å². The van der Waals surface area contributed by atoms with Gasteiger partial charge in [-0.2, -0.15) is 0 Å². The lowest BCUT2D eigenvalue weighted by Crippen LogP contribution is -2.33. The summed E-state index contributed by atoms with van der Waals surface area (Å²) < 4.78 is 16.1. The second kappa shape index (κ2) is 4.64. The highest BCUT2D eigenvalue weighted by Crippen LogP contribution is 2.29. The van der Waals surface area contributed by atoms with Gasteiger partial charge in [0.15, 0.2) is 0 Å². The molecule has 0 radical (unpaired) electrons. The first-order chi connectivity index (χ1) is 10.7. The summed E-state index contributed by atoms with van der Waals surface area (Å²) in [6, 6.07) is 13.2. The molecule has 0 spiro atoms. The van der Waals surface area contributed by atoms with Crippen LogP contribution < -0.4 is 11.2 Å². The Kier molecular flexibility index (Phi) is 2.74. The van der Waals surface area contributed by atoms with Gasteiger partial charge in [-0.3, -0.25) is 4.79 Å². The van der Waals surface area contributed by atoms with Crippen molar-refractivity contribution in [3.63, 3.8) is 0 Å². The maximum atomic E-state index is 13.9. The molecule has 4 nitrogen and oxygen atoms in total. The number of thiophene rings is 1. The minimum absolute atomic E-state index is 0.0480. The molecular formula is C16H9FN2O2S. The van der Waals surface area contributed by atoms with Gasteiger partial charge >= 0.3 is 5.69 Å². The van der Waals surface area contributed by atoms with Crippen molar-refractivity contribution in [1.29, 1.82) is 0 Å². The topological polar surface area (TPSA) is 54.9 Å². The number of nitrogens with one attached hydrogen (secondary N) is 1. The minimum atomic E-state index is -0.647. The highest BCUT2D eigenvalue weighted by molar-refractivity contribution is 7.25. The number of halogens is 1. The Labute approximate surface area is 127 Å². The van der Waals surface area contributed by atoms with Crippen LogP contribution in [0.4, 0.5) is 4.39 Å². The van der Waals surface area contributed by atoms with Crippen molar-refractivity contribution in [1.82, 2.24) is 9.55 Å². The van der Waals surface area contributed by atoms with Crippen molar-refractivity contribution in [2.24, 2.45) is 0 Å². The highest BCUT2D eigenvalue weighted by atomic mass is 32.1. The molecule has 0 bridgehead atoms. The zero-order valence-corrected chi connectivity index (χ0v) is 12.0. The molecule has 1 N–H and O–H groups in total. The van der Waals surface area contributed by atoms with E-state index in [1.807, 2.05) is 24.3 Å². The summed E-state index contributed by atoms with van der Waals surface area (Å²) in [5, 5.41) is 0.817. The van der Waals surface area contributed by atoms with Gasteiger partial charge in [0, 0.05) is 10.1 Å². The third-order valence-electron chi connectivity index (χ3n) is 3.52. The van der Waals surface area contributed by atoms with Crippen molar-refractivity contribution >= 4 is 31.6 Å². The summed E-state index contributed by atoms with van der Waals surface area (Å²) in [5.41, 5.74) is -0.701. The number of benzene rings is 2. The van der Waals surface area contributed by atoms with E-state index in [9.17, 15) is 14.0 Å². The van der Waals surface area contributed by atoms with Crippen molar-refractivity contribution in [2.45, 2.75) is 0 Å². The number of nitrogens with zero attached hydrogens (tertiary/aromatic N) is 1. The van der Waals surface area contributed by atoms with Crippen LogP contribution in [-0.2, 0) is 0 Å². The molecular weight excluding hydrogens is 303 g/mol. The molecule has 0 fully saturated rings. The number of H-pyrrole nitrogens is 1. The average molecular weight is 312 g/mol. The molecule has 22 heavy (non-hydrogen) atoms. The van der Waals surface area contributed by atoms with Gasteiger partial charge in [-0.1, -0.05) is 30.3 Å². The van der Waals surface area contributed by atoms with E-state index >= 15 is 0 Å². The van der Waals surface area contributed by atoms with Gasteiger partial charge in [-0.25, -0.2) is 13.8 Å². The molecule has 0 saturated heterocycles. The first-order valence-electron chi connectivity index (χ1n) is 6.58. The van der Waals surface area contributed by atoms with Gasteiger partial charge in [0.25, 0.3) is 5.56 Å². The Morgan fingerprint density at radius 3 is 2.55 bits per heavy atom. The second-order valence-corrected chi connectivity index (χ2v) is 5.88. The fraction of sp³-hybridized carbons (Fsp3) is 0. The van der Waals surface area contributed by atoms with E-state index in [4.69, 9.17) is 0 Å². The lowest BCUT2D eigenvalue weighted by atomic mass is 10.2. The van der Waals surface area contributed by atoms with Gasteiger partial charge in [0.2, 0.25) is 0 Å². The van der Waals surface area contributed by atoms with Crippen LogP contribution in [0.25, 0.3) is 26.0 Å². The van der Waals surface area contributed by atoms with Crippen LogP contribution >= 0.6 is 11.3 Å². The molecule has 2 aromatic heterocycles. The Morgan fingerprint density at radius 2 is 1.73 bits per heavy atom. The average Bonchev–Trinajstić information content (AvgIpc) is 2.88. The molecule has 0 unspecified atom stereocenters. The molecule has 108 valence electrons. The smallest absolute Gasteiger partial charge is 0.305 e. The molecule has 4 rings (SSSR count). The lowest BCUT2D eigenvalue weighted by Gasteiger charge is -2.05. The number of hydrogen-bond donors (Lipinski definition) is 1. The number of hydrogen-bond acceptors (Lipinski definition) is 3. The molecule has 4 aromatic rings. The zero-order chi connectivity index (χ0) is 15.3. The summed E-state index contributed by atoms with van der Waals surface area (Å²) in [5.74, 6) is -0.615. The standard InChI is InChI=1S/C16H9FN2O2S/c17-10-6-2-3-7-11(10)19-15(20)14-13(18-16(19)21)9-5-1-4-8-12(9)22-14/h1-8H,(H,18,21). The van der Waals surface area contributed by atoms with Crippen molar-refractivity contribution in [3.05, 3.63) is 75.2 Å². The monoisotopic (exact) mass is 312 g/mol. The van der Waals surface area contributed by atoms with Gasteiger partial charge in [-0.15, -0.1) is 11.3 Å². The maximum absolute atomic E-state index is 13.9. The number of aromatic amines is 1. The molecule has 0 aliphatic heterocycles. The van der Waals surface area contributed by atoms with Gasteiger partial charge in [0.1, 0.15) is 10.5 Å². The number of aromatic nitrogens is 2. The molecule has 0 atom stereocenters. The van der Waals surface area contributed by atoms with Gasteiger partial charge < -0.3 is 4.98 Å². The van der Waals surface area contributed by atoms with Crippen LogP contribution in [-0.4, -0.2) is 9.55 Å². The summed E-state index contributed by atoms with van der Waals surface area (Å²) >= 11 is 1.29. The number of para-hydroxylation sites is 1. The third-order valence-corrected chi connectivity index (χ3v) is 4.68. The minimum Gasteiger partial charge on any atom is -0.305 e. The number of fused-ring (bicyclic) bond motifs is 3. The zero-order valence-electron chi connectivity index (χ0n) is 11.2. The Bertz CT molecular complexity index is 1140. The second-order valence-electron chi connectivity index (χ2n) is 4.82. The SMILES string of the molecule is O=c1[nH]c2c(sc3ccccc32)c(=O)n1-c1ccccc1F. The van der Waals surface area contributed by atoms with Crippen LogP contribution in [0.15, 0.2) is 58.1 Å². The largest absolute Gasteiger partial charge is 0.333 e. The Balaban J connectivity index is 2.19. The Hall–Kier alpha value is -2.73. The van der Waals surface area contributed by atoms with Crippen LogP contribution in [0.5, 0.6) is 0 Å². The lowest BCUT2D eigenvalue weighted by molar-refractivity contribution is 0.613. The summed E-state index contributed by atoms with van der Waals surface area (Å²) in [6.45, 7) is 0. The first-order valence-corrected chi connectivity index (χ1v) is 7.40. The van der Waals surface area contributed by atoms with E-state index < -0.39 is 17.1 Å². The fourth-order valence-electron chi connectivity index (χ4n) is 2.53. The van der Waals surface area contributed by atoms with E-state index in [0.717, 1.165) is 14.7 Å². The molecule has 2 aromatic carbocycles. The predicted molar refractivity (Wildman–Crippen MR) is 85.5 cm³/mol. The highest BCUT2D eigenvalue weighted by Gasteiger charge is 2.16. The summed E-state index contributed by atoms with van der Waals surface area (Å²) in [6.07, 6.45) is 0. The van der Waals surface area contributed by atoms with Crippen molar-refractivity contribution in [3.8, 4) is 5.69 Å². The molecule has 0 saturated carbocycles. The molecule has 0 aliphatic rings. The molecule has 2 heterocycles. The summed E-state index contributed by atoms with van der Waals surface area (Å²) in [4.78, 5) is 27.7. The molecule has 0 amide bonds. The summed E-state index contributed by atoms with van der Waals surface area (Å²) in [7, 11) is 0. The first kappa shape index (κ1) is 13.0. The quantitative estimate of drug-likeness (QED) is 0.587. The maximum Gasteiger partial charge on any atom is 0.333 e. The Morgan fingerprint density at radius 1 is 1.00 bits per heavy atom. The van der Waals surface area contributed by atoms with E-state index in [2.05, 4.69) is 4.98 Å². The van der Waals surface area contributed by atoms with E-state index in [0.29, 0.717) is 10.2 Å². The van der Waals surface area contributed by atoms with E-state index in [-0.39, 0.29) is 5.69 Å². The van der Waals surface area contributed by atoms with Crippen LogP contribution in [0.2, 0.25) is 0 Å². The predicted octanol–water partition coefficient (Wildman–Crippen LogP) is 3.03. The fourth-order valence-corrected chi connectivity index (χ4v) is 3.62. The normalized spacial score (nSPS) is 11.3. The van der Waals surface area contributed by atoms with Gasteiger partial charge in [0.05, 0.1) is 11.2 Å². The molecule has 6 heteroatoms. The van der Waals surface area contributed by atoms with Crippen LogP contribution in [0, 0.1) is 5.82 Å². The molecule has 0 aliphatic carbocycles. The number of rotatable bonds is 1.